The fourth-order valence-electron chi connectivity index (χ4n) is 1.69. The van der Waals surface area contributed by atoms with Crippen LogP contribution >= 0.6 is 0 Å². The van der Waals surface area contributed by atoms with Crippen molar-refractivity contribution in [3.05, 3.63) is 36.9 Å². The number of benzene rings is 1. The minimum Gasteiger partial charge on any atom is -0.493 e. The molecule has 0 atom stereocenters. The molecule has 21 heavy (non-hydrogen) atoms. The van der Waals surface area contributed by atoms with Crippen molar-refractivity contribution in [1.29, 1.82) is 0 Å². The third-order valence-corrected chi connectivity index (χ3v) is 2.90. The van der Waals surface area contributed by atoms with Crippen molar-refractivity contribution in [2.45, 2.75) is 32.6 Å². The summed E-state index contributed by atoms with van der Waals surface area (Å²) in [5, 5.41) is 2.74. The molecule has 0 aliphatic carbocycles. The van der Waals surface area contributed by atoms with Gasteiger partial charge in [0.2, 0.25) is 5.91 Å². The molecule has 1 aromatic carbocycles. The maximum Gasteiger partial charge on any atom is 0.243 e. The quantitative estimate of drug-likeness (QED) is 0.502. The van der Waals surface area contributed by atoms with Crippen LogP contribution in [0.3, 0.4) is 0 Å². The van der Waals surface area contributed by atoms with Gasteiger partial charge < -0.3 is 14.8 Å². The highest BCUT2D eigenvalue weighted by molar-refractivity contribution is 5.86. The zero-order chi connectivity index (χ0) is 15.3. The Morgan fingerprint density at radius 2 is 1.86 bits per heavy atom. The summed E-state index contributed by atoms with van der Waals surface area (Å²) in [6, 6.07) is 7.70. The van der Waals surface area contributed by atoms with Crippen LogP contribution in [0, 0.1) is 0 Å². The minimum atomic E-state index is -0.132. The van der Waals surface area contributed by atoms with Gasteiger partial charge in [0.15, 0.2) is 0 Å². The van der Waals surface area contributed by atoms with Crippen LogP contribution < -0.4 is 14.8 Å². The summed E-state index contributed by atoms with van der Waals surface area (Å²) in [4.78, 5) is 10.9. The van der Waals surface area contributed by atoms with Gasteiger partial charge in [-0.1, -0.05) is 26.0 Å². The van der Waals surface area contributed by atoms with E-state index in [1.165, 1.54) is 6.08 Å². The van der Waals surface area contributed by atoms with Crippen molar-refractivity contribution < 1.29 is 14.3 Å². The second kappa shape index (κ2) is 10.8. The summed E-state index contributed by atoms with van der Waals surface area (Å²) in [6.45, 7) is 7.55. The second-order valence-corrected chi connectivity index (χ2v) is 4.73. The molecule has 0 aliphatic rings. The van der Waals surface area contributed by atoms with E-state index in [0.717, 1.165) is 43.8 Å². The summed E-state index contributed by atoms with van der Waals surface area (Å²) >= 11 is 0. The van der Waals surface area contributed by atoms with Crippen molar-refractivity contribution in [1.82, 2.24) is 5.32 Å². The van der Waals surface area contributed by atoms with E-state index in [-0.39, 0.29) is 5.91 Å². The molecule has 0 unspecified atom stereocenters. The first-order valence-electron chi connectivity index (χ1n) is 7.52. The SMILES string of the molecule is C=CC(=O)NCCCCOc1cccc(OCCCC)c1. The number of carbonyl (C=O) groups excluding carboxylic acids is 1. The number of ether oxygens (including phenoxy) is 2. The average molecular weight is 291 g/mol. The summed E-state index contributed by atoms with van der Waals surface area (Å²) in [5.41, 5.74) is 0. The van der Waals surface area contributed by atoms with Crippen molar-refractivity contribution in [3.8, 4) is 11.5 Å². The van der Waals surface area contributed by atoms with Gasteiger partial charge >= 0.3 is 0 Å². The first-order valence-corrected chi connectivity index (χ1v) is 7.52. The summed E-state index contributed by atoms with van der Waals surface area (Å²) < 4.78 is 11.3. The van der Waals surface area contributed by atoms with E-state index in [1.54, 1.807) is 0 Å². The van der Waals surface area contributed by atoms with Gasteiger partial charge in [0.05, 0.1) is 13.2 Å². The Morgan fingerprint density at radius 1 is 1.19 bits per heavy atom. The standard InChI is InChI=1S/C17H25NO3/c1-3-5-12-20-15-9-8-10-16(14-15)21-13-7-6-11-18-17(19)4-2/h4,8-10,14H,2-3,5-7,11-13H2,1H3,(H,18,19). The van der Waals surface area contributed by atoms with Crippen LogP contribution in [0.1, 0.15) is 32.6 Å². The van der Waals surface area contributed by atoms with Gasteiger partial charge in [0.25, 0.3) is 0 Å². The van der Waals surface area contributed by atoms with Crippen LogP contribution in [0.25, 0.3) is 0 Å². The molecule has 0 heterocycles. The van der Waals surface area contributed by atoms with E-state index >= 15 is 0 Å². The van der Waals surface area contributed by atoms with Crippen LogP contribution in [0.15, 0.2) is 36.9 Å². The van der Waals surface area contributed by atoms with Gasteiger partial charge in [0, 0.05) is 12.6 Å². The van der Waals surface area contributed by atoms with Gasteiger partial charge in [-0.05, 0) is 37.5 Å². The highest BCUT2D eigenvalue weighted by atomic mass is 16.5. The molecule has 1 amide bonds. The molecular formula is C17H25NO3. The lowest BCUT2D eigenvalue weighted by Crippen LogP contribution is -2.22. The van der Waals surface area contributed by atoms with E-state index < -0.39 is 0 Å². The van der Waals surface area contributed by atoms with Crippen molar-refractivity contribution in [2.24, 2.45) is 0 Å². The number of rotatable bonds is 11. The second-order valence-electron chi connectivity index (χ2n) is 4.73. The summed E-state index contributed by atoms with van der Waals surface area (Å²) in [7, 11) is 0. The molecule has 0 radical (unpaired) electrons. The van der Waals surface area contributed by atoms with Gasteiger partial charge in [0.1, 0.15) is 11.5 Å². The molecule has 0 fully saturated rings. The van der Waals surface area contributed by atoms with E-state index in [0.29, 0.717) is 13.2 Å². The molecule has 1 rings (SSSR count). The molecule has 116 valence electrons. The molecule has 0 saturated heterocycles. The van der Waals surface area contributed by atoms with E-state index in [9.17, 15) is 4.79 Å². The number of amides is 1. The highest BCUT2D eigenvalue weighted by Crippen LogP contribution is 2.19. The lowest BCUT2D eigenvalue weighted by atomic mass is 10.3. The van der Waals surface area contributed by atoms with Crippen LogP contribution in [-0.4, -0.2) is 25.7 Å². The van der Waals surface area contributed by atoms with Crippen LogP contribution in [0.4, 0.5) is 0 Å². The molecule has 1 aromatic rings. The summed E-state index contributed by atoms with van der Waals surface area (Å²) in [5.74, 6) is 1.53. The molecule has 0 aromatic heterocycles. The van der Waals surface area contributed by atoms with Crippen LogP contribution in [0.2, 0.25) is 0 Å². The Labute approximate surface area is 127 Å². The van der Waals surface area contributed by atoms with Crippen LogP contribution in [0.5, 0.6) is 11.5 Å². The fraction of sp³-hybridized carbons (Fsp3) is 0.471. The first kappa shape index (κ1) is 17.1. The summed E-state index contributed by atoms with van der Waals surface area (Å²) in [6.07, 6.45) is 5.23. The zero-order valence-electron chi connectivity index (χ0n) is 12.8. The van der Waals surface area contributed by atoms with Crippen LogP contribution in [-0.2, 0) is 4.79 Å². The Kier molecular flexibility index (Phi) is 8.76. The minimum absolute atomic E-state index is 0.132. The molecule has 0 saturated carbocycles. The first-order chi connectivity index (χ1) is 10.3. The number of unbranched alkanes of at least 4 members (excludes halogenated alkanes) is 2. The predicted molar refractivity (Wildman–Crippen MR) is 84.8 cm³/mol. The molecule has 4 nitrogen and oxygen atoms in total. The third-order valence-electron chi connectivity index (χ3n) is 2.90. The number of carbonyl (C=O) groups is 1. The molecular weight excluding hydrogens is 266 g/mol. The van der Waals surface area contributed by atoms with Crippen molar-refractivity contribution in [3.63, 3.8) is 0 Å². The fourth-order valence-corrected chi connectivity index (χ4v) is 1.69. The Morgan fingerprint density at radius 3 is 2.48 bits per heavy atom. The van der Waals surface area contributed by atoms with E-state index in [4.69, 9.17) is 9.47 Å². The number of hydrogen-bond donors (Lipinski definition) is 1. The van der Waals surface area contributed by atoms with Gasteiger partial charge in [-0.25, -0.2) is 0 Å². The highest BCUT2D eigenvalue weighted by Gasteiger charge is 1.98. The molecule has 0 spiro atoms. The van der Waals surface area contributed by atoms with Gasteiger partial charge in [-0.2, -0.15) is 0 Å². The number of nitrogens with one attached hydrogen (secondary N) is 1. The molecule has 1 N–H and O–H groups in total. The third kappa shape index (κ3) is 8.02. The largest absolute Gasteiger partial charge is 0.493 e. The zero-order valence-corrected chi connectivity index (χ0v) is 12.8. The topological polar surface area (TPSA) is 47.6 Å². The predicted octanol–water partition coefficient (Wildman–Crippen LogP) is 3.33. The lowest BCUT2D eigenvalue weighted by Gasteiger charge is -2.09. The molecule has 0 bridgehead atoms. The Hall–Kier alpha value is -1.97. The van der Waals surface area contributed by atoms with E-state index in [2.05, 4.69) is 18.8 Å². The monoisotopic (exact) mass is 291 g/mol. The van der Waals surface area contributed by atoms with E-state index in [1.807, 2.05) is 24.3 Å². The molecule has 0 aliphatic heterocycles. The lowest BCUT2D eigenvalue weighted by molar-refractivity contribution is -0.116. The Balaban J connectivity index is 2.18. The van der Waals surface area contributed by atoms with Gasteiger partial charge in [-0.3, -0.25) is 4.79 Å². The Bertz CT molecular complexity index is 432. The maximum absolute atomic E-state index is 10.9. The molecule has 4 heteroatoms. The maximum atomic E-state index is 10.9. The van der Waals surface area contributed by atoms with Crippen molar-refractivity contribution in [2.75, 3.05) is 19.8 Å². The smallest absolute Gasteiger partial charge is 0.243 e. The van der Waals surface area contributed by atoms with Crippen molar-refractivity contribution >= 4 is 5.91 Å². The average Bonchev–Trinajstić information content (AvgIpc) is 2.51. The number of hydrogen-bond acceptors (Lipinski definition) is 3. The normalized spacial score (nSPS) is 9.95. The van der Waals surface area contributed by atoms with Gasteiger partial charge in [-0.15, -0.1) is 0 Å².